The zero-order valence-electron chi connectivity index (χ0n) is 7.83. The fourth-order valence-corrected chi connectivity index (χ4v) is 2.40. The van der Waals surface area contributed by atoms with Gasteiger partial charge in [-0.05, 0) is 40.0 Å². The molecule has 0 aliphatic heterocycles. The SMILES string of the molecule is Pc1ccc2c(c1)-c1ccccc1C2. The molecule has 0 heterocycles. The van der Waals surface area contributed by atoms with E-state index < -0.39 is 0 Å². The molecule has 0 aromatic heterocycles. The molecule has 14 heavy (non-hydrogen) atoms. The van der Waals surface area contributed by atoms with Crippen molar-refractivity contribution >= 4 is 14.5 Å². The highest BCUT2D eigenvalue weighted by atomic mass is 31.0. The third kappa shape index (κ3) is 1.11. The second-order valence-corrected chi connectivity index (χ2v) is 4.42. The van der Waals surface area contributed by atoms with Gasteiger partial charge in [0.25, 0.3) is 0 Å². The van der Waals surface area contributed by atoms with Crippen LogP contribution in [0, 0.1) is 0 Å². The zero-order chi connectivity index (χ0) is 9.54. The van der Waals surface area contributed by atoms with E-state index in [0.29, 0.717) is 0 Å². The van der Waals surface area contributed by atoms with Crippen LogP contribution in [0.1, 0.15) is 11.1 Å². The predicted molar refractivity (Wildman–Crippen MR) is 64.0 cm³/mol. The molecule has 0 N–H and O–H groups in total. The molecular formula is C13H11P. The van der Waals surface area contributed by atoms with Crippen molar-refractivity contribution in [2.45, 2.75) is 6.42 Å². The van der Waals surface area contributed by atoms with Crippen LogP contribution in [-0.4, -0.2) is 0 Å². The highest BCUT2D eigenvalue weighted by Gasteiger charge is 2.16. The number of hydrogen-bond donors (Lipinski definition) is 0. The molecule has 3 rings (SSSR count). The van der Waals surface area contributed by atoms with E-state index in [1.54, 1.807) is 0 Å². The summed E-state index contributed by atoms with van der Waals surface area (Å²) in [7, 11) is 2.76. The van der Waals surface area contributed by atoms with E-state index in [0.717, 1.165) is 6.42 Å². The number of fused-ring (bicyclic) bond motifs is 3. The van der Waals surface area contributed by atoms with Gasteiger partial charge in [0, 0.05) is 0 Å². The highest BCUT2D eigenvalue weighted by molar-refractivity contribution is 7.27. The lowest BCUT2D eigenvalue weighted by Crippen LogP contribution is -1.90. The van der Waals surface area contributed by atoms with Gasteiger partial charge < -0.3 is 0 Å². The maximum Gasteiger partial charge on any atom is -0.00134 e. The molecule has 0 radical (unpaired) electrons. The third-order valence-corrected chi connectivity index (χ3v) is 3.18. The molecule has 1 aliphatic rings. The molecule has 0 fully saturated rings. The van der Waals surface area contributed by atoms with Crippen LogP contribution in [0.5, 0.6) is 0 Å². The Balaban J connectivity index is 2.30. The van der Waals surface area contributed by atoms with Gasteiger partial charge in [-0.2, -0.15) is 0 Å². The molecule has 2 aromatic carbocycles. The van der Waals surface area contributed by atoms with Gasteiger partial charge in [-0.1, -0.05) is 36.4 Å². The molecule has 1 aliphatic carbocycles. The van der Waals surface area contributed by atoms with Gasteiger partial charge in [0.05, 0.1) is 0 Å². The summed E-state index contributed by atoms with van der Waals surface area (Å²) in [6.45, 7) is 0. The first-order valence-electron chi connectivity index (χ1n) is 4.81. The second-order valence-electron chi connectivity index (χ2n) is 3.75. The minimum absolute atomic E-state index is 1.09. The van der Waals surface area contributed by atoms with Gasteiger partial charge in [-0.25, -0.2) is 0 Å². The molecular weight excluding hydrogens is 187 g/mol. The van der Waals surface area contributed by atoms with Gasteiger partial charge in [0.15, 0.2) is 0 Å². The van der Waals surface area contributed by atoms with Crippen molar-refractivity contribution in [3.05, 3.63) is 53.6 Å². The van der Waals surface area contributed by atoms with Crippen molar-refractivity contribution in [3.8, 4) is 11.1 Å². The van der Waals surface area contributed by atoms with Crippen molar-refractivity contribution < 1.29 is 0 Å². The molecule has 0 amide bonds. The van der Waals surface area contributed by atoms with Crippen molar-refractivity contribution in [3.63, 3.8) is 0 Å². The lowest BCUT2D eigenvalue weighted by atomic mass is 10.1. The van der Waals surface area contributed by atoms with Crippen LogP contribution in [0.4, 0.5) is 0 Å². The molecule has 0 saturated carbocycles. The van der Waals surface area contributed by atoms with Crippen LogP contribution in [-0.2, 0) is 6.42 Å². The summed E-state index contributed by atoms with van der Waals surface area (Å²) in [5.41, 5.74) is 5.73. The number of benzene rings is 2. The van der Waals surface area contributed by atoms with E-state index in [2.05, 4.69) is 51.7 Å². The summed E-state index contributed by atoms with van der Waals surface area (Å²) < 4.78 is 0. The molecule has 2 aromatic rings. The molecule has 0 nitrogen and oxygen atoms in total. The molecule has 1 unspecified atom stereocenters. The smallest absolute Gasteiger partial charge is 0.00134 e. The Bertz CT molecular complexity index is 500. The first-order chi connectivity index (χ1) is 6.84. The Hall–Kier alpha value is -1.13. The van der Waals surface area contributed by atoms with Crippen LogP contribution < -0.4 is 5.30 Å². The number of rotatable bonds is 0. The van der Waals surface area contributed by atoms with Gasteiger partial charge >= 0.3 is 0 Å². The van der Waals surface area contributed by atoms with E-state index in [1.165, 1.54) is 27.6 Å². The standard InChI is InChI=1S/C13H11P/c14-11-6-5-10-7-9-3-1-2-4-12(9)13(10)8-11/h1-6,8H,7,14H2. The zero-order valence-corrected chi connectivity index (χ0v) is 8.98. The molecule has 68 valence electrons. The van der Waals surface area contributed by atoms with Crippen LogP contribution >= 0.6 is 9.24 Å². The van der Waals surface area contributed by atoms with Crippen LogP contribution in [0.25, 0.3) is 11.1 Å². The van der Waals surface area contributed by atoms with Gasteiger partial charge in [-0.3, -0.25) is 0 Å². The fraction of sp³-hybridized carbons (Fsp3) is 0.0769. The number of hydrogen-bond acceptors (Lipinski definition) is 0. The summed E-state index contributed by atoms with van der Waals surface area (Å²) in [6, 6.07) is 15.3. The van der Waals surface area contributed by atoms with E-state index in [1.807, 2.05) is 0 Å². The van der Waals surface area contributed by atoms with Crippen LogP contribution in [0.2, 0.25) is 0 Å². The Morgan fingerprint density at radius 2 is 1.64 bits per heavy atom. The van der Waals surface area contributed by atoms with Crippen molar-refractivity contribution in [1.29, 1.82) is 0 Å². The average molecular weight is 198 g/mol. The molecule has 0 spiro atoms. The summed E-state index contributed by atoms with van der Waals surface area (Å²) in [6.07, 6.45) is 1.09. The largest absolute Gasteiger partial charge is 0.106 e. The maximum atomic E-state index is 2.76. The minimum Gasteiger partial charge on any atom is -0.106 e. The van der Waals surface area contributed by atoms with Crippen molar-refractivity contribution in [1.82, 2.24) is 0 Å². The topological polar surface area (TPSA) is 0 Å². The molecule has 0 bridgehead atoms. The van der Waals surface area contributed by atoms with Crippen LogP contribution in [0.15, 0.2) is 42.5 Å². The van der Waals surface area contributed by atoms with Gasteiger partial charge in [-0.15, -0.1) is 9.24 Å². The highest BCUT2D eigenvalue weighted by Crippen LogP contribution is 2.35. The molecule has 1 atom stereocenters. The molecule has 0 saturated heterocycles. The summed E-state index contributed by atoms with van der Waals surface area (Å²) in [4.78, 5) is 0. The fourth-order valence-electron chi connectivity index (χ4n) is 2.14. The minimum atomic E-state index is 1.09. The summed E-state index contributed by atoms with van der Waals surface area (Å²) in [5, 5.41) is 1.26. The van der Waals surface area contributed by atoms with Gasteiger partial charge in [0.1, 0.15) is 0 Å². The van der Waals surface area contributed by atoms with E-state index >= 15 is 0 Å². The first-order valence-corrected chi connectivity index (χ1v) is 5.39. The second kappa shape index (κ2) is 2.93. The maximum absolute atomic E-state index is 2.76. The quantitative estimate of drug-likeness (QED) is 0.487. The average Bonchev–Trinajstić information content (AvgIpc) is 2.56. The summed E-state index contributed by atoms with van der Waals surface area (Å²) >= 11 is 0. The third-order valence-electron chi connectivity index (χ3n) is 2.82. The summed E-state index contributed by atoms with van der Waals surface area (Å²) in [5.74, 6) is 0. The van der Waals surface area contributed by atoms with E-state index in [-0.39, 0.29) is 0 Å². The van der Waals surface area contributed by atoms with Crippen molar-refractivity contribution in [2.24, 2.45) is 0 Å². The Labute approximate surface area is 86.2 Å². The Morgan fingerprint density at radius 3 is 2.57 bits per heavy atom. The normalized spacial score (nSPS) is 12.4. The van der Waals surface area contributed by atoms with Crippen molar-refractivity contribution in [2.75, 3.05) is 0 Å². The van der Waals surface area contributed by atoms with Gasteiger partial charge in [0.2, 0.25) is 0 Å². The Kier molecular flexibility index (Phi) is 1.72. The van der Waals surface area contributed by atoms with E-state index in [4.69, 9.17) is 0 Å². The Morgan fingerprint density at radius 1 is 0.857 bits per heavy atom. The molecule has 1 heteroatoms. The van der Waals surface area contributed by atoms with E-state index in [9.17, 15) is 0 Å². The monoisotopic (exact) mass is 198 g/mol. The lowest BCUT2D eigenvalue weighted by molar-refractivity contribution is 1.27. The van der Waals surface area contributed by atoms with Crippen LogP contribution in [0.3, 0.4) is 0 Å². The first kappa shape index (κ1) is 8.20. The lowest BCUT2D eigenvalue weighted by Gasteiger charge is -2.01. The predicted octanol–water partition coefficient (Wildman–Crippen LogP) is 2.76.